The molecule has 84 valence electrons. The van der Waals surface area contributed by atoms with Gasteiger partial charge in [-0.3, -0.25) is 4.98 Å². The van der Waals surface area contributed by atoms with Crippen LogP contribution in [-0.2, 0) is 0 Å². The zero-order valence-electron chi connectivity index (χ0n) is 8.28. The Kier molecular flexibility index (Phi) is 3.18. The predicted molar refractivity (Wildman–Crippen MR) is 49.6 cm³/mol. The Morgan fingerprint density at radius 3 is 2.47 bits per heavy atom. The fraction of sp³-hybridized carbons (Fsp3) is 0.444. The molecule has 6 heteroatoms. The second-order valence-electron chi connectivity index (χ2n) is 3.27. The number of alkyl halides is 3. The molecule has 1 unspecified atom stereocenters. The van der Waals surface area contributed by atoms with Crippen LogP contribution in [0.25, 0.3) is 0 Å². The number of pyridine rings is 1. The lowest BCUT2D eigenvalue weighted by Crippen LogP contribution is -2.23. The van der Waals surface area contributed by atoms with E-state index >= 15 is 0 Å². The van der Waals surface area contributed by atoms with Gasteiger partial charge in [-0.25, -0.2) is 0 Å². The van der Waals surface area contributed by atoms with Gasteiger partial charge in [-0.05, 0) is 6.07 Å². The smallest absolute Gasteiger partial charge is 0.379 e. The van der Waals surface area contributed by atoms with Crippen molar-refractivity contribution in [1.29, 1.82) is 0 Å². The van der Waals surface area contributed by atoms with E-state index in [2.05, 4.69) is 4.98 Å². The van der Waals surface area contributed by atoms with Crippen LogP contribution in [0.2, 0.25) is 0 Å². The summed E-state index contributed by atoms with van der Waals surface area (Å²) in [5.74, 6) is 0. The molecule has 0 saturated heterocycles. The van der Waals surface area contributed by atoms with Crippen molar-refractivity contribution in [3.05, 3.63) is 24.0 Å². The Hall–Kier alpha value is -1.30. The summed E-state index contributed by atoms with van der Waals surface area (Å²) in [5.41, 5.74) is 0.0600. The summed E-state index contributed by atoms with van der Waals surface area (Å²) in [6.45, 7) is 0. The second kappa shape index (κ2) is 4.06. The molecule has 0 aliphatic heterocycles. The van der Waals surface area contributed by atoms with E-state index in [1.165, 1.54) is 17.2 Å². The molecule has 0 radical (unpaired) electrons. The average molecular weight is 220 g/mol. The van der Waals surface area contributed by atoms with Crippen molar-refractivity contribution in [2.45, 2.75) is 12.3 Å². The number of aliphatic hydroxyl groups is 1. The number of aliphatic hydroxyl groups excluding tert-OH is 1. The molecule has 0 bridgehead atoms. The predicted octanol–water partition coefficient (Wildman–Crippen LogP) is 1.74. The van der Waals surface area contributed by atoms with Gasteiger partial charge in [0.2, 0.25) is 0 Å². The van der Waals surface area contributed by atoms with Crippen molar-refractivity contribution in [1.82, 2.24) is 4.98 Å². The third-order valence-corrected chi connectivity index (χ3v) is 1.91. The van der Waals surface area contributed by atoms with Crippen LogP contribution in [0.3, 0.4) is 0 Å². The minimum Gasteiger partial charge on any atom is -0.379 e. The van der Waals surface area contributed by atoms with Gasteiger partial charge in [0.15, 0.2) is 6.10 Å². The first kappa shape index (κ1) is 11.8. The number of hydrogen-bond donors (Lipinski definition) is 1. The van der Waals surface area contributed by atoms with Gasteiger partial charge in [-0.1, -0.05) is 0 Å². The van der Waals surface area contributed by atoms with E-state index < -0.39 is 12.3 Å². The number of halogens is 3. The van der Waals surface area contributed by atoms with Gasteiger partial charge in [0.25, 0.3) is 0 Å². The summed E-state index contributed by atoms with van der Waals surface area (Å²) >= 11 is 0. The third-order valence-electron chi connectivity index (χ3n) is 1.91. The normalized spacial score (nSPS) is 13.7. The van der Waals surface area contributed by atoms with Gasteiger partial charge in [0.1, 0.15) is 0 Å². The molecule has 1 aromatic heterocycles. The van der Waals surface area contributed by atoms with Crippen LogP contribution in [0.4, 0.5) is 18.9 Å². The zero-order valence-corrected chi connectivity index (χ0v) is 8.28. The fourth-order valence-electron chi connectivity index (χ4n) is 1.19. The summed E-state index contributed by atoms with van der Waals surface area (Å²) < 4.78 is 36.8. The molecule has 3 nitrogen and oxygen atoms in total. The van der Waals surface area contributed by atoms with Crippen LogP contribution < -0.4 is 4.90 Å². The van der Waals surface area contributed by atoms with Gasteiger partial charge in [0, 0.05) is 37.7 Å². The summed E-state index contributed by atoms with van der Waals surface area (Å²) in [6.07, 6.45) is -4.77. The Morgan fingerprint density at radius 2 is 2.00 bits per heavy atom. The molecule has 0 aromatic carbocycles. The molecule has 15 heavy (non-hydrogen) atoms. The molecular weight excluding hydrogens is 209 g/mol. The maximum atomic E-state index is 12.3. The maximum absolute atomic E-state index is 12.3. The minimum atomic E-state index is -4.67. The van der Waals surface area contributed by atoms with Gasteiger partial charge in [-0.15, -0.1) is 0 Å². The lowest BCUT2D eigenvalue weighted by atomic mass is 10.1. The molecule has 0 amide bonds. The molecule has 1 rings (SSSR count). The highest BCUT2D eigenvalue weighted by Crippen LogP contribution is 2.36. The molecule has 1 aromatic rings. The van der Waals surface area contributed by atoms with Crippen molar-refractivity contribution in [3.8, 4) is 0 Å². The van der Waals surface area contributed by atoms with E-state index in [1.807, 2.05) is 0 Å². The van der Waals surface area contributed by atoms with Crippen LogP contribution in [0, 0.1) is 0 Å². The Balaban J connectivity index is 3.14. The Labute approximate surface area is 85.2 Å². The van der Waals surface area contributed by atoms with E-state index in [0.29, 0.717) is 5.69 Å². The molecule has 1 atom stereocenters. The number of rotatable bonds is 2. The highest BCUT2D eigenvalue weighted by Gasteiger charge is 2.40. The van der Waals surface area contributed by atoms with Crippen LogP contribution in [0.1, 0.15) is 11.7 Å². The monoisotopic (exact) mass is 220 g/mol. The topological polar surface area (TPSA) is 36.4 Å². The van der Waals surface area contributed by atoms with Gasteiger partial charge in [0.05, 0.1) is 0 Å². The first-order valence-electron chi connectivity index (χ1n) is 4.20. The van der Waals surface area contributed by atoms with Gasteiger partial charge in [-0.2, -0.15) is 13.2 Å². The first-order valence-corrected chi connectivity index (χ1v) is 4.20. The average Bonchev–Trinajstić information content (AvgIpc) is 2.15. The number of nitrogens with zero attached hydrogens (tertiary/aromatic N) is 2. The third kappa shape index (κ3) is 2.59. The number of hydrogen-bond acceptors (Lipinski definition) is 3. The van der Waals surface area contributed by atoms with E-state index in [9.17, 15) is 13.2 Å². The molecular formula is C9H11F3N2O. The summed E-state index contributed by atoms with van der Waals surface area (Å²) in [6, 6.07) is 1.42. The Morgan fingerprint density at radius 1 is 1.40 bits per heavy atom. The highest BCUT2D eigenvalue weighted by atomic mass is 19.4. The molecule has 1 N–H and O–H groups in total. The maximum Gasteiger partial charge on any atom is 0.418 e. The largest absolute Gasteiger partial charge is 0.418 e. The van der Waals surface area contributed by atoms with Gasteiger partial charge >= 0.3 is 6.18 Å². The standard InChI is InChI=1S/C9H11F3N2O/c1-14(2)7-3-4-13-5-6(7)8(15)9(10,11)12/h3-5,8,15H,1-2H3. The van der Waals surface area contributed by atoms with E-state index in [-0.39, 0.29) is 5.56 Å². The lowest BCUT2D eigenvalue weighted by Gasteiger charge is -2.21. The Bertz CT molecular complexity index is 338. The number of aromatic nitrogens is 1. The summed E-state index contributed by atoms with van der Waals surface area (Å²) in [5, 5.41) is 9.10. The van der Waals surface area contributed by atoms with Gasteiger partial charge < -0.3 is 10.0 Å². The van der Waals surface area contributed by atoms with Crippen molar-refractivity contribution in [3.63, 3.8) is 0 Å². The molecule has 0 aliphatic carbocycles. The quantitative estimate of drug-likeness (QED) is 0.824. The lowest BCUT2D eigenvalue weighted by molar-refractivity contribution is -0.206. The molecule has 1 heterocycles. The van der Waals surface area contributed by atoms with E-state index in [4.69, 9.17) is 5.11 Å². The molecule has 0 saturated carbocycles. The summed E-state index contributed by atoms with van der Waals surface area (Å²) in [7, 11) is 3.20. The number of anilines is 1. The van der Waals surface area contributed by atoms with Crippen LogP contribution in [-0.4, -0.2) is 30.4 Å². The molecule has 0 aliphatic rings. The first-order chi connectivity index (χ1) is 6.84. The molecule has 0 fully saturated rings. The van der Waals surface area contributed by atoms with Crippen molar-refractivity contribution in [2.24, 2.45) is 0 Å². The SMILES string of the molecule is CN(C)c1ccncc1C(O)C(F)(F)F. The van der Waals surface area contributed by atoms with E-state index in [1.54, 1.807) is 14.1 Å². The van der Waals surface area contributed by atoms with Crippen molar-refractivity contribution >= 4 is 5.69 Å². The fourth-order valence-corrected chi connectivity index (χ4v) is 1.19. The van der Waals surface area contributed by atoms with Crippen molar-refractivity contribution in [2.75, 3.05) is 19.0 Å². The van der Waals surface area contributed by atoms with E-state index in [0.717, 1.165) is 6.20 Å². The van der Waals surface area contributed by atoms with Crippen LogP contribution in [0.15, 0.2) is 18.5 Å². The van der Waals surface area contributed by atoms with Crippen LogP contribution >= 0.6 is 0 Å². The van der Waals surface area contributed by atoms with Crippen molar-refractivity contribution < 1.29 is 18.3 Å². The highest BCUT2D eigenvalue weighted by molar-refractivity contribution is 5.52. The van der Waals surface area contributed by atoms with Crippen LogP contribution in [0.5, 0.6) is 0 Å². The minimum absolute atomic E-state index is 0.241. The summed E-state index contributed by atoms with van der Waals surface area (Å²) in [4.78, 5) is 5.07. The second-order valence-corrected chi connectivity index (χ2v) is 3.27. The molecule has 0 spiro atoms. The zero-order chi connectivity index (χ0) is 11.6.